The van der Waals surface area contributed by atoms with Crippen LogP contribution in [0.2, 0.25) is 0 Å². The average molecular weight is 294 g/mol. The van der Waals surface area contributed by atoms with E-state index in [-0.39, 0.29) is 6.79 Å². The Morgan fingerprint density at radius 1 is 1.10 bits per heavy atom. The van der Waals surface area contributed by atoms with Crippen LogP contribution >= 0.6 is 0 Å². The van der Waals surface area contributed by atoms with Gasteiger partial charge in [0.2, 0.25) is 0 Å². The molecule has 9 heteroatoms. The molecule has 0 saturated heterocycles. The van der Waals surface area contributed by atoms with E-state index < -0.39 is 37.2 Å². The molecule has 9 nitrogen and oxygen atoms in total. The van der Waals surface area contributed by atoms with Crippen molar-refractivity contribution in [1.29, 1.82) is 0 Å². The number of ether oxygens (including phenoxy) is 5. The molecule has 0 radical (unpaired) electrons. The van der Waals surface area contributed by atoms with Crippen molar-refractivity contribution >= 4 is 17.9 Å². The highest BCUT2D eigenvalue weighted by atomic mass is 16.7. The van der Waals surface area contributed by atoms with Crippen LogP contribution < -0.4 is 0 Å². The highest BCUT2D eigenvalue weighted by Crippen LogP contribution is 1.96. The molecule has 0 bridgehead atoms. The largest absolute Gasteiger partial charge is 0.479 e. The van der Waals surface area contributed by atoms with Crippen LogP contribution in [0.1, 0.15) is 6.92 Å². The first-order valence-corrected chi connectivity index (χ1v) is 5.69. The normalized spacial score (nSPS) is 11.7. The summed E-state index contributed by atoms with van der Waals surface area (Å²) in [6.45, 7) is 0.686. The molecule has 0 amide bonds. The number of carbonyl (C=O) groups excluding carboxylic acids is 2. The van der Waals surface area contributed by atoms with Gasteiger partial charge >= 0.3 is 17.9 Å². The zero-order valence-corrected chi connectivity index (χ0v) is 11.3. The molecule has 0 aliphatic carbocycles. The van der Waals surface area contributed by atoms with Crippen molar-refractivity contribution < 1.29 is 43.2 Å². The van der Waals surface area contributed by atoms with E-state index in [9.17, 15) is 14.4 Å². The molecule has 0 fully saturated rings. The van der Waals surface area contributed by atoms with Gasteiger partial charge in [0.1, 0.15) is 13.4 Å². The quantitative estimate of drug-likeness (QED) is 0.296. The fourth-order valence-corrected chi connectivity index (χ4v) is 0.915. The molecule has 0 aromatic heterocycles. The van der Waals surface area contributed by atoms with Gasteiger partial charge in [-0.1, -0.05) is 0 Å². The van der Waals surface area contributed by atoms with Crippen molar-refractivity contribution in [3.8, 4) is 0 Å². The Labute approximate surface area is 115 Å². The van der Waals surface area contributed by atoms with Gasteiger partial charge in [0.25, 0.3) is 0 Å². The van der Waals surface area contributed by atoms with Crippen LogP contribution in [0, 0.1) is 0 Å². The summed E-state index contributed by atoms with van der Waals surface area (Å²) >= 11 is 0. The number of hydrogen-bond acceptors (Lipinski definition) is 8. The molecule has 1 N–H and O–H groups in total. The summed E-state index contributed by atoms with van der Waals surface area (Å²) in [6.07, 6.45) is -1.21. The Hall–Kier alpha value is -1.71. The Morgan fingerprint density at radius 3 is 2.40 bits per heavy atom. The Kier molecular flexibility index (Phi) is 10.2. The molecule has 0 spiro atoms. The summed E-state index contributed by atoms with van der Waals surface area (Å²) in [5.74, 6) is -3.04. The Balaban J connectivity index is 3.68. The Morgan fingerprint density at radius 2 is 1.80 bits per heavy atom. The first-order chi connectivity index (χ1) is 9.47. The van der Waals surface area contributed by atoms with Crippen LogP contribution in [0.15, 0.2) is 0 Å². The van der Waals surface area contributed by atoms with Gasteiger partial charge in [-0.25, -0.2) is 14.4 Å². The maximum Gasteiger partial charge on any atom is 0.347 e. The third kappa shape index (κ3) is 10.2. The van der Waals surface area contributed by atoms with Gasteiger partial charge in [-0.3, -0.25) is 0 Å². The van der Waals surface area contributed by atoms with E-state index in [0.29, 0.717) is 13.2 Å². The van der Waals surface area contributed by atoms with Crippen molar-refractivity contribution in [3.63, 3.8) is 0 Å². The lowest BCUT2D eigenvalue weighted by atomic mass is 10.4. The minimum atomic E-state index is -1.30. The minimum Gasteiger partial charge on any atom is -0.479 e. The van der Waals surface area contributed by atoms with Crippen LogP contribution in [0.5, 0.6) is 0 Å². The molecular formula is C11H18O9. The van der Waals surface area contributed by atoms with Gasteiger partial charge in [-0.2, -0.15) is 0 Å². The van der Waals surface area contributed by atoms with Gasteiger partial charge in [0.05, 0.1) is 13.2 Å². The van der Waals surface area contributed by atoms with E-state index in [0.717, 1.165) is 0 Å². The topological polar surface area (TPSA) is 118 Å². The summed E-state index contributed by atoms with van der Waals surface area (Å²) < 4.78 is 23.5. The summed E-state index contributed by atoms with van der Waals surface area (Å²) in [4.78, 5) is 32.6. The molecule has 1 atom stereocenters. The summed E-state index contributed by atoms with van der Waals surface area (Å²) in [7, 11) is 1.52. The maximum absolute atomic E-state index is 11.2. The van der Waals surface area contributed by atoms with E-state index in [1.807, 2.05) is 0 Å². The Bertz CT molecular complexity index is 315. The van der Waals surface area contributed by atoms with Crippen molar-refractivity contribution in [2.75, 3.05) is 40.3 Å². The summed E-state index contributed by atoms with van der Waals surface area (Å²) in [6, 6.07) is 0. The van der Waals surface area contributed by atoms with E-state index in [4.69, 9.17) is 19.3 Å². The number of carboxylic acid groups (broad SMARTS) is 1. The van der Waals surface area contributed by atoms with Crippen LogP contribution in [-0.2, 0) is 38.1 Å². The fourth-order valence-electron chi connectivity index (χ4n) is 0.915. The first kappa shape index (κ1) is 18.3. The average Bonchev–Trinajstić information content (AvgIpc) is 2.39. The maximum atomic E-state index is 11.2. The highest BCUT2D eigenvalue weighted by Gasteiger charge is 2.20. The lowest BCUT2D eigenvalue weighted by molar-refractivity contribution is -0.174. The zero-order valence-electron chi connectivity index (χ0n) is 11.3. The second kappa shape index (κ2) is 11.1. The van der Waals surface area contributed by atoms with Crippen LogP contribution in [0.4, 0.5) is 0 Å². The number of carbonyl (C=O) groups is 3. The number of carboxylic acids is 1. The number of rotatable bonds is 11. The lowest BCUT2D eigenvalue weighted by Crippen LogP contribution is -2.29. The zero-order chi connectivity index (χ0) is 15.4. The standard InChI is InChI=1S/C11H18O9/c1-8(11(15)19-5-9(12)13)20-10(14)6-18-7-17-4-3-16-2/h8H,3-7H2,1-2H3,(H,12,13). The van der Waals surface area contributed by atoms with E-state index in [2.05, 4.69) is 9.47 Å². The third-order valence-corrected chi connectivity index (χ3v) is 1.80. The number of methoxy groups -OCH3 is 1. The monoisotopic (exact) mass is 294 g/mol. The SMILES string of the molecule is COCCOCOCC(=O)OC(C)C(=O)OCC(=O)O. The van der Waals surface area contributed by atoms with Crippen molar-refractivity contribution in [3.05, 3.63) is 0 Å². The number of hydrogen-bond donors (Lipinski definition) is 1. The number of aliphatic carboxylic acids is 1. The van der Waals surface area contributed by atoms with Gasteiger partial charge in [-0.15, -0.1) is 0 Å². The molecule has 0 aliphatic rings. The van der Waals surface area contributed by atoms with E-state index in [1.165, 1.54) is 14.0 Å². The first-order valence-electron chi connectivity index (χ1n) is 5.69. The molecule has 1 unspecified atom stereocenters. The highest BCUT2D eigenvalue weighted by molar-refractivity contribution is 5.81. The predicted octanol–water partition coefficient (Wildman–Crippen LogP) is -0.817. The molecule has 0 heterocycles. The molecule has 0 rings (SSSR count). The minimum absolute atomic E-state index is 0.115. The molecule has 0 aromatic rings. The summed E-state index contributed by atoms with van der Waals surface area (Å²) in [5.41, 5.74) is 0. The van der Waals surface area contributed by atoms with Crippen LogP contribution in [0.25, 0.3) is 0 Å². The smallest absolute Gasteiger partial charge is 0.347 e. The van der Waals surface area contributed by atoms with Crippen molar-refractivity contribution in [1.82, 2.24) is 0 Å². The molecule has 116 valence electrons. The molecule has 20 heavy (non-hydrogen) atoms. The third-order valence-electron chi connectivity index (χ3n) is 1.80. The molecule has 0 saturated carbocycles. The van der Waals surface area contributed by atoms with Gasteiger partial charge < -0.3 is 28.8 Å². The van der Waals surface area contributed by atoms with Crippen molar-refractivity contribution in [2.24, 2.45) is 0 Å². The van der Waals surface area contributed by atoms with Crippen LogP contribution in [-0.4, -0.2) is 69.4 Å². The molecule has 0 aliphatic heterocycles. The predicted molar refractivity (Wildman–Crippen MR) is 62.8 cm³/mol. The van der Waals surface area contributed by atoms with Gasteiger partial charge in [0, 0.05) is 7.11 Å². The number of esters is 2. The van der Waals surface area contributed by atoms with Gasteiger partial charge in [-0.05, 0) is 6.92 Å². The van der Waals surface area contributed by atoms with Gasteiger partial charge in [0.15, 0.2) is 12.7 Å². The second-order valence-electron chi connectivity index (χ2n) is 3.50. The summed E-state index contributed by atoms with van der Waals surface area (Å²) in [5, 5.41) is 8.30. The fraction of sp³-hybridized carbons (Fsp3) is 0.727. The second-order valence-corrected chi connectivity index (χ2v) is 3.50. The van der Waals surface area contributed by atoms with Crippen LogP contribution in [0.3, 0.4) is 0 Å². The van der Waals surface area contributed by atoms with E-state index >= 15 is 0 Å². The molecular weight excluding hydrogens is 276 g/mol. The van der Waals surface area contributed by atoms with Crippen molar-refractivity contribution in [2.45, 2.75) is 13.0 Å². The van der Waals surface area contributed by atoms with E-state index in [1.54, 1.807) is 0 Å². The molecule has 0 aromatic carbocycles. The lowest BCUT2D eigenvalue weighted by Gasteiger charge is -2.12.